The van der Waals surface area contributed by atoms with Gasteiger partial charge in [-0.05, 0) is 5.92 Å². The van der Waals surface area contributed by atoms with Gasteiger partial charge in [0.15, 0.2) is 11.5 Å². The molecule has 0 radical (unpaired) electrons. The van der Waals surface area contributed by atoms with Crippen molar-refractivity contribution in [2.75, 3.05) is 21.3 Å². The number of carbonyl (C=O) groups is 1. The molecule has 7 nitrogen and oxygen atoms in total. The molecule has 7 heteroatoms. The van der Waals surface area contributed by atoms with Crippen LogP contribution in [0, 0.1) is 5.92 Å². The zero-order valence-corrected chi connectivity index (χ0v) is 14.0. The van der Waals surface area contributed by atoms with Gasteiger partial charge in [0, 0.05) is 19.2 Å². The molecule has 0 amide bonds. The first-order valence-electron chi connectivity index (χ1n) is 7.29. The zero-order chi connectivity index (χ0) is 17.1. The molecule has 1 heterocycles. The first-order chi connectivity index (χ1) is 10.9. The highest BCUT2D eigenvalue weighted by molar-refractivity contribution is 5.83. The van der Waals surface area contributed by atoms with Gasteiger partial charge >= 0.3 is 5.97 Å². The number of aliphatic carboxylic acids is 1. The summed E-state index contributed by atoms with van der Waals surface area (Å²) in [6, 6.07) is 2.74. The van der Waals surface area contributed by atoms with Crippen molar-refractivity contribution in [3.05, 3.63) is 18.0 Å². The fourth-order valence-electron chi connectivity index (χ4n) is 2.71. The van der Waals surface area contributed by atoms with Crippen LogP contribution in [0.25, 0.3) is 11.0 Å². The highest BCUT2D eigenvalue weighted by atomic mass is 16.5. The second-order valence-corrected chi connectivity index (χ2v) is 5.55. The zero-order valence-electron chi connectivity index (χ0n) is 14.0. The lowest BCUT2D eigenvalue weighted by Gasteiger charge is -2.21. The molecule has 2 aromatic rings. The maximum Gasteiger partial charge on any atom is 0.327 e. The standard InChI is InChI=1S/C16H22N2O5/c1-9(2)15(16(19)20)18-11-7-13(23-5)12(22-4)6-10(11)17-14(18)8-21-3/h6-7,9,15H,8H2,1-5H3,(H,19,20). The number of methoxy groups -OCH3 is 3. The molecule has 0 saturated heterocycles. The Morgan fingerprint density at radius 3 is 2.30 bits per heavy atom. The maximum absolute atomic E-state index is 11.8. The number of aromatic nitrogens is 2. The Hall–Kier alpha value is -2.28. The topological polar surface area (TPSA) is 82.8 Å². The maximum atomic E-state index is 11.8. The summed E-state index contributed by atoms with van der Waals surface area (Å²) in [4.78, 5) is 16.3. The minimum atomic E-state index is -0.911. The van der Waals surface area contributed by atoms with Crippen molar-refractivity contribution in [3.63, 3.8) is 0 Å². The van der Waals surface area contributed by atoms with Crippen molar-refractivity contribution < 1.29 is 24.1 Å². The van der Waals surface area contributed by atoms with Gasteiger partial charge in [-0.15, -0.1) is 0 Å². The van der Waals surface area contributed by atoms with Gasteiger partial charge in [-0.1, -0.05) is 13.8 Å². The van der Waals surface area contributed by atoms with Crippen LogP contribution in [0.4, 0.5) is 0 Å². The number of ether oxygens (including phenoxy) is 3. The van der Waals surface area contributed by atoms with Gasteiger partial charge in [0.05, 0.1) is 25.3 Å². The average molecular weight is 322 g/mol. The molecule has 2 rings (SSSR count). The number of nitrogens with zero attached hydrogens (tertiary/aromatic N) is 2. The largest absolute Gasteiger partial charge is 0.493 e. The Morgan fingerprint density at radius 2 is 1.83 bits per heavy atom. The number of carboxylic acid groups (broad SMARTS) is 1. The van der Waals surface area contributed by atoms with Crippen molar-refractivity contribution in [1.82, 2.24) is 9.55 Å². The summed E-state index contributed by atoms with van der Waals surface area (Å²) >= 11 is 0. The van der Waals surface area contributed by atoms with E-state index in [9.17, 15) is 9.90 Å². The van der Waals surface area contributed by atoms with Crippen LogP contribution < -0.4 is 9.47 Å². The van der Waals surface area contributed by atoms with Crippen molar-refractivity contribution >= 4 is 17.0 Å². The molecule has 1 atom stereocenters. The lowest BCUT2D eigenvalue weighted by molar-refractivity contribution is -0.142. The predicted octanol–water partition coefficient (Wildman–Crippen LogP) is 2.48. The molecule has 1 aromatic carbocycles. The van der Waals surface area contributed by atoms with Gasteiger partial charge in [0.2, 0.25) is 0 Å². The van der Waals surface area contributed by atoms with Crippen LogP contribution in [-0.4, -0.2) is 42.0 Å². The summed E-state index contributed by atoms with van der Waals surface area (Å²) in [6.07, 6.45) is 0. The van der Waals surface area contributed by atoms with E-state index >= 15 is 0 Å². The quantitative estimate of drug-likeness (QED) is 0.843. The lowest BCUT2D eigenvalue weighted by atomic mass is 10.0. The number of imidazole rings is 1. The van der Waals surface area contributed by atoms with Crippen LogP contribution in [0.3, 0.4) is 0 Å². The minimum absolute atomic E-state index is 0.117. The van der Waals surface area contributed by atoms with Crippen molar-refractivity contribution in [2.24, 2.45) is 5.92 Å². The predicted molar refractivity (Wildman–Crippen MR) is 85.1 cm³/mol. The summed E-state index contributed by atoms with van der Waals surface area (Å²) < 4.78 is 17.5. The molecule has 0 spiro atoms. The number of fused-ring (bicyclic) bond motifs is 1. The van der Waals surface area contributed by atoms with Gasteiger partial charge in [-0.3, -0.25) is 0 Å². The number of benzene rings is 1. The monoisotopic (exact) mass is 322 g/mol. The Kier molecular flexibility index (Phi) is 5.10. The van der Waals surface area contributed by atoms with Gasteiger partial charge in [0.1, 0.15) is 18.5 Å². The SMILES string of the molecule is COCc1nc2cc(OC)c(OC)cc2n1C(C(=O)O)C(C)C. The third kappa shape index (κ3) is 3.10. The molecule has 0 aliphatic heterocycles. The van der Waals surface area contributed by atoms with E-state index in [1.807, 2.05) is 13.8 Å². The first kappa shape index (κ1) is 17.1. The summed E-state index contributed by atoms with van der Waals surface area (Å²) in [7, 11) is 4.64. The number of hydrogen-bond acceptors (Lipinski definition) is 5. The van der Waals surface area contributed by atoms with E-state index in [0.29, 0.717) is 28.4 Å². The van der Waals surface area contributed by atoms with Gasteiger partial charge in [0.25, 0.3) is 0 Å². The van der Waals surface area contributed by atoms with Gasteiger partial charge in [-0.25, -0.2) is 9.78 Å². The second kappa shape index (κ2) is 6.87. The van der Waals surface area contributed by atoms with Crippen molar-refractivity contribution in [3.8, 4) is 11.5 Å². The van der Waals surface area contributed by atoms with Crippen molar-refractivity contribution in [1.29, 1.82) is 0 Å². The van der Waals surface area contributed by atoms with Crippen LogP contribution >= 0.6 is 0 Å². The van der Waals surface area contributed by atoms with E-state index in [-0.39, 0.29) is 12.5 Å². The van der Waals surface area contributed by atoms with E-state index in [2.05, 4.69) is 4.98 Å². The van der Waals surface area contributed by atoms with E-state index in [1.54, 1.807) is 30.9 Å². The Morgan fingerprint density at radius 1 is 1.22 bits per heavy atom. The number of carboxylic acids is 1. The smallest absolute Gasteiger partial charge is 0.327 e. The van der Waals surface area contributed by atoms with Crippen LogP contribution in [0.5, 0.6) is 11.5 Å². The highest BCUT2D eigenvalue weighted by Crippen LogP contribution is 2.35. The highest BCUT2D eigenvalue weighted by Gasteiger charge is 2.28. The summed E-state index contributed by atoms with van der Waals surface area (Å²) in [5, 5.41) is 9.65. The lowest BCUT2D eigenvalue weighted by Crippen LogP contribution is -2.26. The minimum Gasteiger partial charge on any atom is -0.493 e. The van der Waals surface area contributed by atoms with Crippen molar-refractivity contribution in [2.45, 2.75) is 26.5 Å². The number of hydrogen-bond donors (Lipinski definition) is 1. The normalized spacial score (nSPS) is 12.6. The molecular weight excluding hydrogens is 300 g/mol. The fourth-order valence-corrected chi connectivity index (χ4v) is 2.71. The molecule has 1 unspecified atom stereocenters. The molecule has 23 heavy (non-hydrogen) atoms. The third-order valence-corrected chi connectivity index (χ3v) is 3.70. The van der Waals surface area contributed by atoms with E-state index in [1.165, 1.54) is 7.11 Å². The van der Waals surface area contributed by atoms with E-state index in [0.717, 1.165) is 0 Å². The molecule has 1 aromatic heterocycles. The summed E-state index contributed by atoms with van der Waals surface area (Å²) in [6.45, 7) is 3.94. The Labute approximate surface area is 134 Å². The second-order valence-electron chi connectivity index (χ2n) is 5.55. The van der Waals surface area contributed by atoms with E-state index < -0.39 is 12.0 Å². The molecule has 0 aliphatic carbocycles. The summed E-state index contributed by atoms with van der Waals surface area (Å²) in [5.74, 6) is 0.599. The average Bonchev–Trinajstić information content (AvgIpc) is 2.83. The molecular formula is C16H22N2O5. The molecule has 0 aliphatic rings. The van der Waals surface area contributed by atoms with Gasteiger partial charge in [-0.2, -0.15) is 0 Å². The van der Waals surface area contributed by atoms with Crippen LogP contribution in [-0.2, 0) is 16.1 Å². The molecule has 126 valence electrons. The van der Waals surface area contributed by atoms with Crippen LogP contribution in [0.2, 0.25) is 0 Å². The van der Waals surface area contributed by atoms with Gasteiger partial charge < -0.3 is 23.9 Å². The Balaban J connectivity index is 2.77. The van der Waals surface area contributed by atoms with Crippen LogP contribution in [0.15, 0.2) is 12.1 Å². The third-order valence-electron chi connectivity index (χ3n) is 3.70. The first-order valence-corrected chi connectivity index (χ1v) is 7.29. The Bertz CT molecular complexity index is 708. The fraction of sp³-hybridized carbons (Fsp3) is 0.500. The molecule has 0 saturated carbocycles. The van der Waals surface area contributed by atoms with Crippen LogP contribution in [0.1, 0.15) is 25.7 Å². The molecule has 0 bridgehead atoms. The molecule has 1 N–H and O–H groups in total. The number of rotatable bonds is 7. The summed E-state index contributed by atoms with van der Waals surface area (Å²) in [5.41, 5.74) is 1.32. The molecule has 0 fully saturated rings. The van der Waals surface area contributed by atoms with E-state index in [4.69, 9.17) is 14.2 Å².